The maximum absolute atomic E-state index is 3.88. The second-order valence-electron chi connectivity index (χ2n) is 5.49. The molecular formula is C15H28. The molecule has 0 fully saturated rings. The zero-order chi connectivity index (χ0) is 11.9. The van der Waals surface area contributed by atoms with E-state index in [0.717, 1.165) is 12.8 Å². The Morgan fingerprint density at radius 2 is 1.20 bits per heavy atom. The molecule has 0 aliphatic carbocycles. The van der Waals surface area contributed by atoms with Crippen molar-refractivity contribution in [3.8, 4) is 0 Å². The molecule has 0 amide bonds. The summed E-state index contributed by atoms with van der Waals surface area (Å²) in [5.41, 5.74) is 0.824. The Bertz CT molecular complexity index is 182. The molecule has 2 unspecified atom stereocenters. The van der Waals surface area contributed by atoms with Crippen molar-refractivity contribution in [2.75, 3.05) is 0 Å². The highest BCUT2D eigenvalue weighted by Crippen LogP contribution is 2.43. The van der Waals surface area contributed by atoms with E-state index in [4.69, 9.17) is 0 Å². The van der Waals surface area contributed by atoms with Crippen LogP contribution >= 0.6 is 0 Å². The summed E-state index contributed by atoms with van der Waals surface area (Å²) in [6, 6.07) is 0. The fourth-order valence-corrected chi connectivity index (χ4v) is 2.41. The first-order chi connectivity index (χ1) is 6.95. The Labute approximate surface area is 96.5 Å². The van der Waals surface area contributed by atoms with E-state index < -0.39 is 0 Å². The highest BCUT2D eigenvalue weighted by molar-refractivity contribution is 4.91. The van der Waals surface area contributed by atoms with Crippen LogP contribution in [0, 0.1) is 10.8 Å². The van der Waals surface area contributed by atoms with Crippen molar-refractivity contribution < 1.29 is 0 Å². The summed E-state index contributed by atoms with van der Waals surface area (Å²) in [7, 11) is 0. The standard InChI is InChI=1S/C15H28/c1-7-11-14(5,9-3)13-15(6,10-4)12-8-2/h7-8H,1-2,9-13H2,3-6H3. The molecule has 0 N–H and O–H groups in total. The Morgan fingerprint density at radius 1 is 0.867 bits per heavy atom. The van der Waals surface area contributed by atoms with Gasteiger partial charge in [0.15, 0.2) is 0 Å². The van der Waals surface area contributed by atoms with Crippen molar-refractivity contribution >= 4 is 0 Å². The van der Waals surface area contributed by atoms with Crippen LogP contribution in [0.4, 0.5) is 0 Å². The van der Waals surface area contributed by atoms with Gasteiger partial charge in [-0.05, 0) is 30.1 Å². The minimum absolute atomic E-state index is 0.412. The first-order valence-electron chi connectivity index (χ1n) is 6.17. The van der Waals surface area contributed by atoms with Crippen LogP contribution < -0.4 is 0 Å². The molecule has 0 aromatic carbocycles. The van der Waals surface area contributed by atoms with Gasteiger partial charge in [0.25, 0.3) is 0 Å². The fourth-order valence-electron chi connectivity index (χ4n) is 2.41. The molecule has 88 valence electrons. The van der Waals surface area contributed by atoms with E-state index in [2.05, 4.69) is 53.0 Å². The molecule has 0 heterocycles. The second kappa shape index (κ2) is 6.15. The second-order valence-corrected chi connectivity index (χ2v) is 5.49. The van der Waals surface area contributed by atoms with E-state index in [-0.39, 0.29) is 0 Å². The average molecular weight is 208 g/mol. The van der Waals surface area contributed by atoms with Crippen molar-refractivity contribution in [1.82, 2.24) is 0 Å². The maximum Gasteiger partial charge on any atom is -0.0289 e. The van der Waals surface area contributed by atoms with Gasteiger partial charge in [0, 0.05) is 0 Å². The summed E-state index contributed by atoms with van der Waals surface area (Å²) in [5, 5.41) is 0. The molecule has 0 saturated carbocycles. The van der Waals surface area contributed by atoms with Gasteiger partial charge in [0.2, 0.25) is 0 Å². The van der Waals surface area contributed by atoms with E-state index in [9.17, 15) is 0 Å². The summed E-state index contributed by atoms with van der Waals surface area (Å²) in [4.78, 5) is 0. The van der Waals surface area contributed by atoms with Gasteiger partial charge in [-0.2, -0.15) is 0 Å². The van der Waals surface area contributed by atoms with E-state index in [1.165, 1.54) is 19.3 Å². The van der Waals surface area contributed by atoms with Crippen molar-refractivity contribution in [2.24, 2.45) is 10.8 Å². The predicted octanol–water partition coefficient (Wildman–Crippen LogP) is 5.36. The topological polar surface area (TPSA) is 0 Å². The highest BCUT2D eigenvalue weighted by Gasteiger charge is 2.31. The number of rotatable bonds is 8. The van der Waals surface area contributed by atoms with Crippen LogP contribution in [0.15, 0.2) is 25.3 Å². The molecular weight excluding hydrogens is 180 g/mol. The van der Waals surface area contributed by atoms with Gasteiger partial charge in [0.1, 0.15) is 0 Å². The van der Waals surface area contributed by atoms with E-state index >= 15 is 0 Å². The van der Waals surface area contributed by atoms with Crippen LogP contribution in [0.25, 0.3) is 0 Å². The van der Waals surface area contributed by atoms with E-state index in [1.54, 1.807) is 0 Å². The third-order valence-electron chi connectivity index (χ3n) is 3.83. The van der Waals surface area contributed by atoms with Crippen LogP contribution in [0.3, 0.4) is 0 Å². The largest absolute Gasteiger partial charge is 0.103 e. The van der Waals surface area contributed by atoms with Crippen molar-refractivity contribution in [3.63, 3.8) is 0 Å². The Hall–Kier alpha value is -0.520. The van der Waals surface area contributed by atoms with Gasteiger partial charge in [-0.15, -0.1) is 13.2 Å². The summed E-state index contributed by atoms with van der Waals surface area (Å²) in [6.07, 6.45) is 10.1. The summed E-state index contributed by atoms with van der Waals surface area (Å²) in [5.74, 6) is 0. The lowest BCUT2D eigenvalue weighted by Gasteiger charge is -2.38. The minimum Gasteiger partial charge on any atom is -0.103 e. The molecule has 0 aromatic heterocycles. The summed E-state index contributed by atoms with van der Waals surface area (Å²) in [6.45, 7) is 17.1. The monoisotopic (exact) mass is 208 g/mol. The molecule has 0 aliphatic rings. The van der Waals surface area contributed by atoms with Crippen LogP contribution in [-0.2, 0) is 0 Å². The number of allylic oxidation sites excluding steroid dienone is 2. The lowest BCUT2D eigenvalue weighted by atomic mass is 9.67. The van der Waals surface area contributed by atoms with Crippen molar-refractivity contribution in [1.29, 1.82) is 0 Å². The first-order valence-corrected chi connectivity index (χ1v) is 6.17. The minimum atomic E-state index is 0.412. The van der Waals surface area contributed by atoms with Crippen molar-refractivity contribution in [3.05, 3.63) is 25.3 Å². The molecule has 0 aromatic rings. The fraction of sp³-hybridized carbons (Fsp3) is 0.733. The summed E-state index contributed by atoms with van der Waals surface area (Å²) < 4.78 is 0. The van der Waals surface area contributed by atoms with E-state index in [1.807, 2.05) is 0 Å². The highest BCUT2D eigenvalue weighted by atomic mass is 14.4. The van der Waals surface area contributed by atoms with Gasteiger partial charge in [-0.3, -0.25) is 0 Å². The predicted molar refractivity (Wildman–Crippen MR) is 71.0 cm³/mol. The molecule has 0 rings (SSSR count). The number of hydrogen-bond acceptors (Lipinski definition) is 0. The molecule has 2 atom stereocenters. The normalized spacial score (nSPS) is 18.9. The molecule has 0 heteroatoms. The van der Waals surface area contributed by atoms with Crippen LogP contribution in [0.5, 0.6) is 0 Å². The third-order valence-corrected chi connectivity index (χ3v) is 3.83. The molecule has 0 saturated heterocycles. The number of hydrogen-bond donors (Lipinski definition) is 0. The molecule has 0 aliphatic heterocycles. The summed E-state index contributed by atoms with van der Waals surface area (Å²) >= 11 is 0. The molecule has 0 radical (unpaired) electrons. The smallest absolute Gasteiger partial charge is 0.0289 e. The lowest BCUT2D eigenvalue weighted by Crippen LogP contribution is -2.26. The Morgan fingerprint density at radius 3 is 1.40 bits per heavy atom. The average Bonchev–Trinajstić information content (AvgIpc) is 2.18. The van der Waals surface area contributed by atoms with Crippen molar-refractivity contribution in [2.45, 2.75) is 59.8 Å². The van der Waals surface area contributed by atoms with Crippen LogP contribution in [-0.4, -0.2) is 0 Å². The van der Waals surface area contributed by atoms with Gasteiger partial charge < -0.3 is 0 Å². The lowest BCUT2D eigenvalue weighted by molar-refractivity contribution is 0.151. The molecule has 0 nitrogen and oxygen atoms in total. The maximum atomic E-state index is 3.88. The molecule has 15 heavy (non-hydrogen) atoms. The van der Waals surface area contributed by atoms with Gasteiger partial charge in [-0.1, -0.05) is 52.7 Å². The quantitative estimate of drug-likeness (QED) is 0.471. The Kier molecular flexibility index (Phi) is 5.93. The van der Waals surface area contributed by atoms with Gasteiger partial charge in [0.05, 0.1) is 0 Å². The van der Waals surface area contributed by atoms with Gasteiger partial charge in [-0.25, -0.2) is 0 Å². The van der Waals surface area contributed by atoms with Gasteiger partial charge >= 0.3 is 0 Å². The van der Waals surface area contributed by atoms with Crippen LogP contribution in [0.1, 0.15) is 59.8 Å². The zero-order valence-corrected chi connectivity index (χ0v) is 11.1. The van der Waals surface area contributed by atoms with Crippen LogP contribution in [0.2, 0.25) is 0 Å². The third kappa shape index (κ3) is 4.68. The molecule has 0 bridgehead atoms. The SMILES string of the molecule is C=CCC(C)(CC)CC(C)(CC)CC=C. The first kappa shape index (κ1) is 14.5. The zero-order valence-electron chi connectivity index (χ0n) is 11.1. The van der Waals surface area contributed by atoms with E-state index in [0.29, 0.717) is 10.8 Å². The molecule has 0 spiro atoms. The Balaban J connectivity index is 4.60.